The van der Waals surface area contributed by atoms with Gasteiger partial charge in [-0.05, 0) is 48.4 Å². The molecule has 0 spiro atoms. The lowest BCUT2D eigenvalue weighted by atomic mass is 10.2. The van der Waals surface area contributed by atoms with E-state index in [4.69, 9.17) is 16.3 Å². The molecule has 0 atom stereocenters. The smallest absolute Gasteiger partial charge is 0.265 e. The summed E-state index contributed by atoms with van der Waals surface area (Å²) >= 11 is 9.49. The fourth-order valence-electron chi connectivity index (χ4n) is 3.20. The summed E-state index contributed by atoms with van der Waals surface area (Å²) in [6.45, 7) is 0.502. The molecule has 2 aromatic rings. The summed E-state index contributed by atoms with van der Waals surface area (Å²) in [7, 11) is 0. The number of anilines is 2. The van der Waals surface area contributed by atoms with E-state index < -0.39 is 0 Å². The van der Waals surface area contributed by atoms with Crippen LogP contribution in [-0.2, 0) is 16.0 Å². The van der Waals surface area contributed by atoms with Gasteiger partial charge in [0, 0.05) is 21.7 Å². The van der Waals surface area contributed by atoms with Crippen molar-refractivity contribution >= 4 is 50.7 Å². The first-order valence-electron chi connectivity index (χ1n) is 7.84. The SMILES string of the molecule is O=C(CN1C(=O)COc2ccc(Cl)cc21)N1CCc2cc(Br)ccc21. The molecule has 0 aromatic heterocycles. The maximum absolute atomic E-state index is 12.8. The van der Waals surface area contributed by atoms with Gasteiger partial charge in [-0.25, -0.2) is 0 Å². The predicted octanol–water partition coefficient (Wildman–Crippen LogP) is 3.42. The highest BCUT2D eigenvalue weighted by molar-refractivity contribution is 9.10. The topological polar surface area (TPSA) is 49.9 Å². The summed E-state index contributed by atoms with van der Waals surface area (Å²) in [6, 6.07) is 10.9. The standard InChI is InChI=1S/C18H14BrClN2O3/c19-12-1-3-14-11(7-12)5-6-21(14)17(23)9-22-15-8-13(20)2-4-16(15)25-10-18(22)24/h1-4,7-8H,5-6,9-10H2. The van der Waals surface area contributed by atoms with Gasteiger partial charge >= 0.3 is 0 Å². The third-order valence-electron chi connectivity index (χ3n) is 4.40. The maximum atomic E-state index is 12.8. The van der Waals surface area contributed by atoms with E-state index in [0.29, 0.717) is 23.0 Å². The second-order valence-corrected chi connectivity index (χ2v) is 7.30. The summed E-state index contributed by atoms with van der Waals surface area (Å²) in [5.74, 6) is 0.183. The number of carbonyl (C=O) groups excluding carboxylic acids is 2. The molecule has 2 aliphatic heterocycles. The van der Waals surface area contributed by atoms with Gasteiger partial charge in [-0.15, -0.1) is 0 Å². The first-order valence-corrected chi connectivity index (χ1v) is 9.01. The van der Waals surface area contributed by atoms with Gasteiger partial charge < -0.3 is 9.64 Å². The summed E-state index contributed by atoms with van der Waals surface area (Å²) in [5, 5.41) is 0.492. The van der Waals surface area contributed by atoms with Gasteiger partial charge in [0.15, 0.2) is 6.61 Å². The van der Waals surface area contributed by atoms with Crippen molar-refractivity contribution in [3.8, 4) is 5.75 Å². The lowest BCUT2D eigenvalue weighted by Gasteiger charge is -2.30. The zero-order valence-corrected chi connectivity index (χ0v) is 15.5. The fourth-order valence-corrected chi connectivity index (χ4v) is 3.77. The molecular formula is C18H14BrClN2O3. The number of hydrogen-bond donors (Lipinski definition) is 0. The van der Waals surface area contributed by atoms with Crippen molar-refractivity contribution in [3.05, 3.63) is 51.5 Å². The number of rotatable bonds is 2. The van der Waals surface area contributed by atoms with E-state index in [1.807, 2.05) is 18.2 Å². The minimum Gasteiger partial charge on any atom is -0.482 e. The van der Waals surface area contributed by atoms with Crippen LogP contribution in [0.1, 0.15) is 5.56 Å². The van der Waals surface area contributed by atoms with Crippen LogP contribution in [0, 0.1) is 0 Å². The lowest BCUT2D eigenvalue weighted by Crippen LogP contribution is -2.46. The highest BCUT2D eigenvalue weighted by atomic mass is 79.9. The Kier molecular flexibility index (Phi) is 4.17. The first-order chi connectivity index (χ1) is 12.0. The number of benzene rings is 2. The van der Waals surface area contributed by atoms with Crippen molar-refractivity contribution in [3.63, 3.8) is 0 Å². The Bertz CT molecular complexity index is 887. The van der Waals surface area contributed by atoms with E-state index >= 15 is 0 Å². The van der Waals surface area contributed by atoms with Crippen molar-refractivity contribution < 1.29 is 14.3 Å². The minimum absolute atomic E-state index is 0.0367. The second kappa shape index (κ2) is 6.35. The van der Waals surface area contributed by atoms with Crippen LogP contribution >= 0.6 is 27.5 Å². The van der Waals surface area contributed by atoms with Crippen LogP contribution in [0.15, 0.2) is 40.9 Å². The largest absolute Gasteiger partial charge is 0.482 e. The van der Waals surface area contributed by atoms with Crippen molar-refractivity contribution in [2.24, 2.45) is 0 Å². The molecule has 2 aliphatic rings. The van der Waals surface area contributed by atoms with Gasteiger partial charge in [0.1, 0.15) is 12.3 Å². The van der Waals surface area contributed by atoms with Gasteiger partial charge in [0.05, 0.1) is 5.69 Å². The summed E-state index contributed by atoms with van der Waals surface area (Å²) < 4.78 is 6.41. The molecule has 0 radical (unpaired) electrons. The van der Waals surface area contributed by atoms with Crippen molar-refractivity contribution in [1.29, 1.82) is 0 Å². The van der Waals surface area contributed by atoms with Gasteiger partial charge in [-0.1, -0.05) is 27.5 Å². The van der Waals surface area contributed by atoms with Crippen molar-refractivity contribution in [2.75, 3.05) is 29.5 Å². The predicted molar refractivity (Wildman–Crippen MR) is 99.5 cm³/mol. The van der Waals surface area contributed by atoms with E-state index in [1.54, 1.807) is 23.1 Å². The van der Waals surface area contributed by atoms with Crippen LogP contribution < -0.4 is 14.5 Å². The van der Waals surface area contributed by atoms with Crippen LogP contribution in [0.25, 0.3) is 0 Å². The Morgan fingerprint density at radius 2 is 2.04 bits per heavy atom. The van der Waals surface area contributed by atoms with E-state index in [1.165, 1.54) is 4.90 Å². The highest BCUT2D eigenvalue weighted by Gasteiger charge is 2.31. The molecule has 4 rings (SSSR count). The summed E-state index contributed by atoms with van der Waals surface area (Å²) in [4.78, 5) is 28.3. The first kappa shape index (κ1) is 16.4. The Morgan fingerprint density at radius 1 is 1.20 bits per heavy atom. The molecule has 0 fully saturated rings. The van der Waals surface area contributed by atoms with Crippen molar-refractivity contribution in [1.82, 2.24) is 0 Å². The Balaban J connectivity index is 1.60. The van der Waals surface area contributed by atoms with E-state index in [-0.39, 0.29) is 25.0 Å². The Morgan fingerprint density at radius 3 is 2.88 bits per heavy atom. The van der Waals surface area contributed by atoms with Gasteiger partial charge in [-0.3, -0.25) is 14.5 Å². The molecule has 5 nitrogen and oxygen atoms in total. The molecule has 7 heteroatoms. The molecular weight excluding hydrogens is 408 g/mol. The van der Waals surface area contributed by atoms with Gasteiger partial charge in [-0.2, -0.15) is 0 Å². The molecule has 0 N–H and O–H groups in total. The lowest BCUT2D eigenvalue weighted by molar-refractivity contribution is -0.124. The number of amides is 2. The van der Waals surface area contributed by atoms with Crippen LogP contribution in [0.3, 0.4) is 0 Å². The number of hydrogen-bond acceptors (Lipinski definition) is 3. The Labute approximate surface area is 158 Å². The van der Waals surface area contributed by atoms with Crippen LogP contribution in [0.2, 0.25) is 5.02 Å². The minimum atomic E-state index is -0.252. The quantitative estimate of drug-likeness (QED) is 0.747. The fraction of sp³-hybridized carbons (Fsp3) is 0.222. The van der Waals surface area contributed by atoms with Gasteiger partial charge in [0.2, 0.25) is 5.91 Å². The molecule has 0 bridgehead atoms. The molecule has 2 aromatic carbocycles. The number of halogens is 2. The number of carbonyl (C=O) groups is 2. The monoisotopic (exact) mass is 420 g/mol. The van der Waals surface area contributed by atoms with E-state index in [0.717, 1.165) is 22.1 Å². The molecule has 0 aliphatic carbocycles. The number of ether oxygens (including phenoxy) is 1. The average Bonchev–Trinajstić information content (AvgIpc) is 3.00. The van der Waals surface area contributed by atoms with Crippen molar-refractivity contribution in [2.45, 2.75) is 6.42 Å². The van der Waals surface area contributed by atoms with E-state index in [2.05, 4.69) is 15.9 Å². The zero-order valence-electron chi connectivity index (χ0n) is 13.2. The molecule has 2 amide bonds. The third kappa shape index (κ3) is 3.00. The molecule has 25 heavy (non-hydrogen) atoms. The molecule has 0 saturated carbocycles. The number of fused-ring (bicyclic) bond motifs is 2. The second-order valence-electron chi connectivity index (χ2n) is 5.95. The molecule has 128 valence electrons. The molecule has 0 unspecified atom stereocenters. The summed E-state index contributed by atoms with van der Waals surface area (Å²) in [6.07, 6.45) is 0.806. The van der Waals surface area contributed by atoms with E-state index in [9.17, 15) is 9.59 Å². The van der Waals surface area contributed by atoms with Crippen LogP contribution in [0.5, 0.6) is 5.75 Å². The average molecular weight is 422 g/mol. The molecule has 0 saturated heterocycles. The number of nitrogens with zero attached hydrogens (tertiary/aromatic N) is 2. The van der Waals surface area contributed by atoms with Crippen LogP contribution in [-0.4, -0.2) is 31.5 Å². The Hall–Kier alpha value is -2.05. The normalized spacial score (nSPS) is 15.7. The zero-order chi connectivity index (χ0) is 17.6. The third-order valence-corrected chi connectivity index (χ3v) is 5.12. The molecule has 2 heterocycles. The summed E-state index contributed by atoms with van der Waals surface area (Å²) in [5.41, 5.74) is 2.56. The highest BCUT2D eigenvalue weighted by Crippen LogP contribution is 2.35. The van der Waals surface area contributed by atoms with Crippen LogP contribution in [0.4, 0.5) is 11.4 Å². The maximum Gasteiger partial charge on any atom is 0.265 e. The van der Waals surface area contributed by atoms with Gasteiger partial charge in [0.25, 0.3) is 5.91 Å².